The minimum Gasteiger partial charge on any atom is -0.344 e. The molecule has 148 valence electrons. The molecular weight excluding hydrogens is 396 g/mol. The van der Waals surface area contributed by atoms with E-state index in [9.17, 15) is 13.2 Å². The number of carbonyl (C=O) groups is 1. The Morgan fingerprint density at radius 3 is 2.46 bits per heavy atom. The second-order valence-electron chi connectivity index (χ2n) is 6.76. The average Bonchev–Trinajstić information content (AvgIpc) is 3.06. The van der Waals surface area contributed by atoms with E-state index in [-0.39, 0.29) is 22.2 Å². The van der Waals surface area contributed by atoms with Crippen molar-refractivity contribution in [3.63, 3.8) is 0 Å². The molecule has 0 aliphatic rings. The van der Waals surface area contributed by atoms with Gasteiger partial charge in [0.2, 0.25) is 15.7 Å². The Bertz CT molecular complexity index is 1090. The summed E-state index contributed by atoms with van der Waals surface area (Å²) in [7, 11) is -1.96. The van der Waals surface area contributed by atoms with Crippen LogP contribution in [-0.2, 0) is 21.2 Å². The Morgan fingerprint density at radius 2 is 1.79 bits per heavy atom. The smallest absolute Gasteiger partial charge is 0.242 e. The van der Waals surface area contributed by atoms with Gasteiger partial charge >= 0.3 is 0 Å². The zero-order valence-electron chi connectivity index (χ0n) is 15.9. The van der Waals surface area contributed by atoms with E-state index in [1.165, 1.54) is 12.1 Å². The van der Waals surface area contributed by atoms with Crippen molar-refractivity contribution in [1.82, 2.24) is 9.47 Å². The molecule has 0 spiro atoms. The molecule has 2 aromatic carbocycles. The van der Waals surface area contributed by atoms with Crippen LogP contribution in [-0.4, -0.2) is 37.4 Å². The van der Waals surface area contributed by atoms with Crippen LogP contribution in [0.3, 0.4) is 0 Å². The SMILES string of the molecule is CCCCN(C)C(=O)Cn1cc(S(=O)(=O)c2ccc(Cl)cc2)c2ccccc21. The van der Waals surface area contributed by atoms with E-state index in [1.807, 2.05) is 12.1 Å². The molecular formula is C21H23ClN2O3S. The molecule has 5 nitrogen and oxygen atoms in total. The Kier molecular flexibility index (Phi) is 6.10. The van der Waals surface area contributed by atoms with Crippen molar-refractivity contribution in [2.24, 2.45) is 0 Å². The summed E-state index contributed by atoms with van der Waals surface area (Å²) in [6, 6.07) is 13.3. The number of rotatable bonds is 7. The highest BCUT2D eigenvalue weighted by molar-refractivity contribution is 7.91. The molecule has 0 atom stereocenters. The van der Waals surface area contributed by atoms with Crippen LogP contribution in [0.25, 0.3) is 10.9 Å². The number of halogens is 1. The fraction of sp³-hybridized carbons (Fsp3) is 0.286. The Hall–Kier alpha value is -2.31. The third-order valence-corrected chi connectivity index (χ3v) is 6.79. The number of hydrogen-bond donors (Lipinski definition) is 0. The number of hydrogen-bond acceptors (Lipinski definition) is 3. The maximum absolute atomic E-state index is 13.2. The largest absolute Gasteiger partial charge is 0.344 e. The molecule has 1 aromatic heterocycles. The van der Waals surface area contributed by atoms with Gasteiger partial charge in [-0.1, -0.05) is 43.1 Å². The molecule has 0 bridgehead atoms. The van der Waals surface area contributed by atoms with E-state index in [0.717, 1.165) is 12.8 Å². The number of carbonyl (C=O) groups excluding carboxylic acids is 1. The second kappa shape index (κ2) is 8.37. The minimum atomic E-state index is -3.74. The number of nitrogens with zero attached hydrogens (tertiary/aromatic N) is 2. The van der Waals surface area contributed by atoms with Gasteiger partial charge in [-0.3, -0.25) is 4.79 Å². The number of unbranched alkanes of at least 4 members (excludes halogenated alkanes) is 1. The summed E-state index contributed by atoms with van der Waals surface area (Å²) < 4.78 is 28.1. The first-order chi connectivity index (χ1) is 13.3. The Labute approximate surface area is 170 Å². The zero-order valence-corrected chi connectivity index (χ0v) is 17.5. The Balaban J connectivity index is 2.01. The highest BCUT2D eigenvalue weighted by Gasteiger charge is 2.24. The first-order valence-electron chi connectivity index (χ1n) is 9.17. The van der Waals surface area contributed by atoms with Crippen LogP contribution in [0.1, 0.15) is 19.8 Å². The van der Waals surface area contributed by atoms with Gasteiger partial charge in [-0.15, -0.1) is 0 Å². The van der Waals surface area contributed by atoms with Gasteiger partial charge in [-0.05, 0) is 36.8 Å². The third kappa shape index (κ3) is 4.08. The molecule has 1 heterocycles. The number of aromatic nitrogens is 1. The van der Waals surface area contributed by atoms with Crippen molar-refractivity contribution < 1.29 is 13.2 Å². The van der Waals surface area contributed by atoms with Crippen molar-refractivity contribution in [2.75, 3.05) is 13.6 Å². The zero-order chi connectivity index (χ0) is 20.3. The van der Waals surface area contributed by atoms with Gasteiger partial charge in [0.05, 0.1) is 9.79 Å². The van der Waals surface area contributed by atoms with E-state index in [4.69, 9.17) is 11.6 Å². The summed E-state index contributed by atoms with van der Waals surface area (Å²) >= 11 is 5.89. The molecule has 0 aliphatic heterocycles. The predicted molar refractivity (Wildman–Crippen MR) is 111 cm³/mol. The average molecular weight is 419 g/mol. The molecule has 7 heteroatoms. The molecule has 3 aromatic rings. The normalized spacial score (nSPS) is 11.7. The van der Waals surface area contributed by atoms with Crippen LogP contribution in [0.4, 0.5) is 0 Å². The number of amides is 1. The maximum Gasteiger partial charge on any atom is 0.242 e. The van der Waals surface area contributed by atoms with Gasteiger partial charge in [-0.25, -0.2) is 8.42 Å². The number of fused-ring (bicyclic) bond motifs is 1. The highest BCUT2D eigenvalue weighted by atomic mass is 35.5. The van der Waals surface area contributed by atoms with E-state index in [2.05, 4.69) is 6.92 Å². The lowest BCUT2D eigenvalue weighted by Gasteiger charge is -2.17. The van der Waals surface area contributed by atoms with Crippen molar-refractivity contribution in [3.8, 4) is 0 Å². The van der Waals surface area contributed by atoms with E-state index >= 15 is 0 Å². The molecule has 0 saturated heterocycles. The predicted octanol–water partition coefficient (Wildman–Crippen LogP) is 4.39. The monoisotopic (exact) mass is 418 g/mol. The second-order valence-corrected chi connectivity index (χ2v) is 9.12. The molecule has 1 amide bonds. The maximum atomic E-state index is 13.2. The Morgan fingerprint density at radius 1 is 1.11 bits per heavy atom. The van der Waals surface area contributed by atoms with Gasteiger partial charge in [-0.2, -0.15) is 0 Å². The number of benzene rings is 2. The standard InChI is InChI=1S/C21H23ClN2O3S/c1-3-4-13-23(2)21(25)15-24-14-20(18-7-5-6-8-19(18)24)28(26,27)17-11-9-16(22)10-12-17/h5-12,14H,3-4,13,15H2,1-2H3. The lowest BCUT2D eigenvalue weighted by Crippen LogP contribution is -2.30. The van der Waals surface area contributed by atoms with Crippen LogP contribution in [0.5, 0.6) is 0 Å². The van der Waals surface area contributed by atoms with Crippen LogP contribution in [0, 0.1) is 0 Å². The van der Waals surface area contributed by atoms with Gasteiger partial charge in [0.15, 0.2) is 0 Å². The number of likely N-dealkylation sites (N-methyl/N-ethyl adjacent to an activating group) is 1. The van der Waals surface area contributed by atoms with Crippen molar-refractivity contribution >= 4 is 38.2 Å². The fourth-order valence-corrected chi connectivity index (χ4v) is 4.69. The highest BCUT2D eigenvalue weighted by Crippen LogP contribution is 2.30. The van der Waals surface area contributed by atoms with Crippen molar-refractivity contribution in [2.45, 2.75) is 36.1 Å². The minimum absolute atomic E-state index is 0.0513. The van der Waals surface area contributed by atoms with Crippen LogP contribution in [0.15, 0.2) is 64.5 Å². The van der Waals surface area contributed by atoms with Crippen molar-refractivity contribution in [3.05, 3.63) is 59.8 Å². The molecule has 0 radical (unpaired) electrons. The molecule has 28 heavy (non-hydrogen) atoms. The summed E-state index contributed by atoms with van der Waals surface area (Å²) in [5, 5.41) is 1.07. The molecule has 0 fully saturated rings. The van der Waals surface area contributed by atoms with E-state index in [1.54, 1.807) is 47.0 Å². The summed E-state index contributed by atoms with van der Waals surface area (Å²) in [6.07, 6.45) is 3.50. The summed E-state index contributed by atoms with van der Waals surface area (Å²) in [5.74, 6) is -0.0513. The topological polar surface area (TPSA) is 59.4 Å². The van der Waals surface area contributed by atoms with E-state index < -0.39 is 9.84 Å². The molecule has 0 N–H and O–H groups in total. The molecule has 0 aliphatic carbocycles. The summed E-state index contributed by atoms with van der Waals surface area (Å²) in [4.78, 5) is 14.6. The lowest BCUT2D eigenvalue weighted by molar-refractivity contribution is -0.130. The van der Waals surface area contributed by atoms with Crippen LogP contribution in [0.2, 0.25) is 5.02 Å². The molecule has 0 saturated carbocycles. The summed E-state index contributed by atoms with van der Waals surface area (Å²) in [5.41, 5.74) is 0.715. The van der Waals surface area contributed by atoms with Gasteiger partial charge in [0, 0.05) is 35.7 Å². The van der Waals surface area contributed by atoms with E-state index in [0.29, 0.717) is 22.5 Å². The number of para-hydroxylation sites is 1. The quantitative estimate of drug-likeness (QED) is 0.571. The first-order valence-corrected chi connectivity index (χ1v) is 11.0. The van der Waals surface area contributed by atoms with Crippen LogP contribution >= 0.6 is 11.6 Å². The fourth-order valence-electron chi connectivity index (χ4n) is 3.09. The molecule has 0 unspecified atom stereocenters. The van der Waals surface area contributed by atoms with Crippen LogP contribution < -0.4 is 0 Å². The summed E-state index contributed by atoms with van der Waals surface area (Å²) in [6.45, 7) is 2.85. The van der Waals surface area contributed by atoms with Gasteiger partial charge in [0.1, 0.15) is 6.54 Å². The van der Waals surface area contributed by atoms with Gasteiger partial charge < -0.3 is 9.47 Å². The third-order valence-electron chi connectivity index (χ3n) is 4.74. The van der Waals surface area contributed by atoms with Gasteiger partial charge in [0.25, 0.3) is 0 Å². The first kappa shape index (κ1) is 20.4. The molecule has 3 rings (SSSR count). The lowest BCUT2D eigenvalue weighted by atomic mass is 10.2. The number of sulfone groups is 1. The van der Waals surface area contributed by atoms with Crippen molar-refractivity contribution in [1.29, 1.82) is 0 Å².